The zero-order valence-corrected chi connectivity index (χ0v) is 24.2. The molecule has 2 atom stereocenters. The van der Waals surface area contributed by atoms with Crippen molar-refractivity contribution in [2.45, 2.75) is 72.1 Å². The van der Waals surface area contributed by atoms with Gasteiger partial charge in [0.1, 0.15) is 11.7 Å². The van der Waals surface area contributed by atoms with Gasteiger partial charge >= 0.3 is 0 Å². The van der Waals surface area contributed by atoms with Crippen LogP contribution < -0.4 is 4.90 Å². The fraction of sp³-hybridized carbons (Fsp3) is 0.400. The quantitative estimate of drug-likeness (QED) is 0.402. The summed E-state index contributed by atoms with van der Waals surface area (Å²) in [6, 6.07) is 14.6. The average molecular weight is 519 g/mol. The molecule has 1 aliphatic carbocycles. The van der Waals surface area contributed by atoms with E-state index >= 15 is 0 Å². The summed E-state index contributed by atoms with van der Waals surface area (Å²) in [5.41, 5.74) is 7.17. The molecule has 0 spiro atoms. The Morgan fingerprint density at radius 3 is 2.26 bits per heavy atom. The first-order valence-electron chi connectivity index (χ1n) is 14.2. The van der Waals surface area contributed by atoms with Gasteiger partial charge in [-0.25, -0.2) is 0 Å². The third-order valence-corrected chi connectivity index (χ3v) is 8.25. The molecule has 2 aliphatic rings. The van der Waals surface area contributed by atoms with Crippen LogP contribution in [0, 0.1) is 39.9 Å². The lowest BCUT2D eigenvalue weighted by atomic mass is 9.88. The lowest BCUT2D eigenvalue weighted by Crippen LogP contribution is -2.40. The maximum absolute atomic E-state index is 9.90. The second kappa shape index (κ2) is 11.2. The monoisotopic (exact) mass is 518 g/mol. The third-order valence-electron chi connectivity index (χ3n) is 8.25. The van der Waals surface area contributed by atoms with Crippen LogP contribution in [0.15, 0.2) is 72.9 Å². The molecule has 2 aromatic carbocycles. The number of amidine groups is 2. The van der Waals surface area contributed by atoms with Crippen LogP contribution in [0.5, 0.6) is 0 Å². The van der Waals surface area contributed by atoms with Gasteiger partial charge in [0.2, 0.25) is 0 Å². The first-order valence-corrected chi connectivity index (χ1v) is 14.2. The van der Waals surface area contributed by atoms with E-state index in [-0.39, 0.29) is 11.3 Å². The highest BCUT2D eigenvalue weighted by atomic mass is 15.2. The summed E-state index contributed by atoms with van der Waals surface area (Å²) in [5, 5.41) is 29.3. The number of allylic oxidation sites excluding steroid dienone is 2. The van der Waals surface area contributed by atoms with Crippen LogP contribution in [0.2, 0.25) is 0 Å². The van der Waals surface area contributed by atoms with Crippen LogP contribution >= 0.6 is 0 Å². The lowest BCUT2D eigenvalue weighted by Gasteiger charge is -2.33. The number of fused-ring (bicyclic) bond motifs is 3. The molecule has 1 heterocycles. The Balaban J connectivity index is 2.07. The van der Waals surface area contributed by atoms with Crippen molar-refractivity contribution >= 4 is 17.4 Å². The van der Waals surface area contributed by atoms with Crippen LogP contribution in [0.1, 0.15) is 81.7 Å². The molecule has 0 radical (unpaired) electrons. The minimum absolute atomic E-state index is 0.00980. The maximum Gasteiger partial charge on any atom is 0.138 e. The highest BCUT2D eigenvalue weighted by Gasteiger charge is 2.52. The van der Waals surface area contributed by atoms with Crippen molar-refractivity contribution in [3.05, 3.63) is 101 Å². The molecule has 0 amide bonds. The number of hydrogen-bond acceptors (Lipinski definition) is 3. The van der Waals surface area contributed by atoms with Crippen molar-refractivity contribution in [3.8, 4) is 6.07 Å². The van der Waals surface area contributed by atoms with Gasteiger partial charge in [0.05, 0.1) is 17.3 Å². The molecular weight excluding hydrogens is 476 g/mol. The van der Waals surface area contributed by atoms with Gasteiger partial charge in [-0.2, -0.15) is 5.26 Å². The Bertz CT molecular complexity index is 1370. The molecule has 1 unspecified atom stereocenters. The van der Waals surface area contributed by atoms with Gasteiger partial charge in [-0.3, -0.25) is 15.7 Å². The summed E-state index contributed by atoms with van der Waals surface area (Å²) in [4.78, 5) is 1.84. The highest BCUT2D eigenvalue weighted by molar-refractivity contribution is 6.29. The molecule has 1 aliphatic heterocycles. The van der Waals surface area contributed by atoms with E-state index in [0.29, 0.717) is 34.7 Å². The van der Waals surface area contributed by atoms with E-state index < -0.39 is 0 Å². The van der Waals surface area contributed by atoms with E-state index in [9.17, 15) is 16.1 Å². The molecule has 202 valence electrons. The summed E-state index contributed by atoms with van der Waals surface area (Å²) < 4.78 is 0. The summed E-state index contributed by atoms with van der Waals surface area (Å²) in [6.07, 6.45) is 7.98. The molecule has 4 heteroatoms. The van der Waals surface area contributed by atoms with E-state index in [4.69, 9.17) is 0 Å². The van der Waals surface area contributed by atoms with Gasteiger partial charge in [0, 0.05) is 11.1 Å². The largest absolute Gasteiger partial charge is 0.283 e. The molecule has 0 saturated heterocycles. The van der Waals surface area contributed by atoms with Crippen LogP contribution in [-0.4, -0.2) is 11.7 Å². The molecule has 0 aromatic heterocycles. The molecule has 4 rings (SSSR count). The Morgan fingerprint density at radius 2 is 1.69 bits per heavy atom. The molecule has 39 heavy (non-hydrogen) atoms. The number of nitriles is 1. The van der Waals surface area contributed by atoms with Gasteiger partial charge in [0.25, 0.3) is 0 Å². The molecule has 0 bridgehead atoms. The first kappa shape index (κ1) is 28.3. The Labute approximate surface area is 234 Å². The second-order valence-corrected chi connectivity index (χ2v) is 12.3. The van der Waals surface area contributed by atoms with Gasteiger partial charge < -0.3 is 0 Å². The molecule has 1 fully saturated rings. The predicted molar refractivity (Wildman–Crippen MR) is 164 cm³/mol. The second-order valence-electron chi connectivity index (χ2n) is 12.3. The van der Waals surface area contributed by atoms with Crippen molar-refractivity contribution in [1.29, 1.82) is 16.1 Å². The fourth-order valence-corrected chi connectivity index (χ4v) is 6.24. The van der Waals surface area contributed by atoms with Crippen molar-refractivity contribution in [3.63, 3.8) is 0 Å². The zero-order chi connectivity index (χ0) is 28.5. The topological polar surface area (TPSA) is 74.7 Å². The summed E-state index contributed by atoms with van der Waals surface area (Å²) in [6.45, 7) is 19.4. The minimum Gasteiger partial charge on any atom is -0.283 e. The normalized spacial score (nSPS) is 22.4. The van der Waals surface area contributed by atoms with E-state index in [2.05, 4.69) is 66.0 Å². The smallest absolute Gasteiger partial charge is 0.138 e. The molecule has 2 aromatic rings. The highest BCUT2D eigenvalue weighted by Crippen LogP contribution is 2.57. The number of hydrogen-bond donors (Lipinski definition) is 2. The molecule has 1 saturated carbocycles. The lowest BCUT2D eigenvalue weighted by molar-refractivity contribution is 0.613. The van der Waals surface area contributed by atoms with Crippen molar-refractivity contribution in [1.82, 2.24) is 0 Å². The molecule has 2 N–H and O–H groups in total. The third kappa shape index (κ3) is 5.55. The number of nitrogens with zero attached hydrogens (tertiary/aromatic N) is 2. The average Bonchev–Trinajstić information content (AvgIpc) is 3.56. The maximum atomic E-state index is 9.90. The van der Waals surface area contributed by atoms with Crippen molar-refractivity contribution in [2.24, 2.45) is 17.8 Å². The summed E-state index contributed by atoms with van der Waals surface area (Å²) >= 11 is 0. The standard InChI is InChI=1S/C35H42N4/c1-8-11-29-24(6)14-15-28-20-35(28,7)31-13-10-9-12-30(31)34(38)39(33(29)37)32-26(16-22(2)3)18-25(21-36)19-27(32)17-23(4)5/h8-13,18-19,22-23,28,37-38H,1,6,14-17,20H2,2-5,7H3/b29-11+,37-33?,38-34?/t28-,35?/m0/s1. The van der Waals surface area contributed by atoms with Crippen LogP contribution in [0.25, 0.3) is 0 Å². The fourth-order valence-electron chi connectivity index (χ4n) is 6.24. The van der Waals surface area contributed by atoms with Crippen molar-refractivity contribution in [2.75, 3.05) is 4.90 Å². The molecule has 4 nitrogen and oxygen atoms in total. The Morgan fingerprint density at radius 1 is 1.08 bits per heavy atom. The van der Waals surface area contributed by atoms with Gasteiger partial charge in [0.15, 0.2) is 0 Å². The zero-order valence-electron chi connectivity index (χ0n) is 24.2. The van der Waals surface area contributed by atoms with E-state index in [1.165, 1.54) is 5.56 Å². The summed E-state index contributed by atoms with van der Waals surface area (Å²) in [5.74, 6) is 1.74. The van der Waals surface area contributed by atoms with Gasteiger partial charge in [-0.1, -0.05) is 84.2 Å². The van der Waals surface area contributed by atoms with E-state index in [0.717, 1.165) is 60.1 Å². The summed E-state index contributed by atoms with van der Waals surface area (Å²) in [7, 11) is 0. The Kier molecular flexibility index (Phi) is 8.12. The number of anilines is 1. The van der Waals surface area contributed by atoms with Crippen LogP contribution in [0.4, 0.5) is 5.69 Å². The molecular formula is C35H42N4. The number of nitrogens with one attached hydrogen (secondary N) is 2. The number of benzene rings is 2. The Hall–Kier alpha value is -3.71. The van der Waals surface area contributed by atoms with Gasteiger partial charge in [-0.15, -0.1) is 0 Å². The number of rotatable bonds is 6. The van der Waals surface area contributed by atoms with Crippen molar-refractivity contribution < 1.29 is 0 Å². The van der Waals surface area contributed by atoms with Crippen LogP contribution in [-0.2, 0) is 18.3 Å². The predicted octanol–water partition coefficient (Wildman–Crippen LogP) is 8.50. The SMILES string of the molecule is C=C/C=C1\C(=C)CC[C@H]2CC2(C)c2ccccc2C(=N)N(c2c(CC(C)C)cc(C#N)cc2CC(C)C)C1=N. The van der Waals surface area contributed by atoms with E-state index in [1.54, 1.807) is 6.08 Å². The van der Waals surface area contributed by atoms with E-state index in [1.807, 2.05) is 35.2 Å². The van der Waals surface area contributed by atoms with Crippen LogP contribution in [0.3, 0.4) is 0 Å². The first-order chi connectivity index (χ1) is 18.5. The van der Waals surface area contributed by atoms with Gasteiger partial charge in [-0.05, 0) is 89.7 Å². The minimum atomic E-state index is 0.00980.